The molecule has 0 aromatic heterocycles. The standard InChI is InChI=1S/C11H16ClN3O2/c1-8(2)13-6-7-14-11-9(12)4-3-5-10(11)15(16)17/h3-5,8,13-14H,6-7H2,1-2H3. The average molecular weight is 258 g/mol. The Labute approximate surface area is 105 Å². The van der Waals surface area contributed by atoms with E-state index in [0.717, 1.165) is 6.54 Å². The van der Waals surface area contributed by atoms with E-state index in [2.05, 4.69) is 10.6 Å². The number of hydrogen-bond donors (Lipinski definition) is 2. The van der Waals surface area contributed by atoms with E-state index in [1.165, 1.54) is 6.07 Å². The number of nitro benzene ring substituents is 1. The maximum absolute atomic E-state index is 10.8. The van der Waals surface area contributed by atoms with Gasteiger partial charge in [-0.2, -0.15) is 0 Å². The number of nitrogens with one attached hydrogen (secondary N) is 2. The molecule has 1 aromatic rings. The van der Waals surface area contributed by atoms with E-state index >= 15 is 0 Å². The lowest BCUT2D eigenvalue weighted by Crippen LogP contribution is -2.28. The summed E-state index contributed by atoms with van der Waals surface area (Å²) in [6, 6.07) is 5.02. The van der Waals surface area contributed by atoms with E-state index in [1.54, 1.807) is 12.1 Å². The van der Waals surface area contributed by atoms with Gasteiger partial charge in [-0.3, -0.25) is 10.1 Å². The molecule has 17 heavy (non-hydrogen) atoms. The van der Waals surface area contributed by atoms with Crippen LogP contribution in [-0.4, -0.2) is 24.1 Å². The minimum Gasteiger partial charge on any atom is -0.377 e. The second-order valence-electron chi connectivity index (χ2n) is 3.93. The molecule has 0 fully saturated rings. The van der Waals surface area contributed by atoms with Gasteiger partial charge in [0.05, 0.1) is 9.95 Å². The fourth-order valence-electron chi connectivity index (χ4n) is 1.39. The zero-order valence-corrected chi connectivity index (χ0v) is 10.6. The summed E-state index contributed by atoms with van der Waals surface area (Å²) in [5.41, 5.74) is 0.381. The van der Waals surface area contributed by atoms with Crippen LogP contribution in [0.3, 0.4) is 0 Å². The van der Waals surface area contributed by atoms with E-state index in [4.69, 9.17) is 11.6 Å². The van der Waals surface area contributed by atoms with Crippen LogP contribution in [0.1, 0.15) is 13.8 Å². The molecule has 0 heterocycles. The van der Waals surface area contributed by atoms with Gasteiger partial charge in [0, 0.05) is 25.2 Å². The SMILES string of the molecule is CC(C)NCCNc1c(Cl)cccc1[N+](=O)[O-]. The van der Waals surface area contributed by atoms with Crippen LogP contribution in [0, 0.1) is 10.1 Å². The molecular weight excluding hydrogens is 242 g/mol. The van der Waals surface area contributed by atoms with Crippen LogP contribution in [0.2, 0.25) is 5.02 Å². The molecule has 5 nitrogen and oxygen atoms in total. The summed E-state index contributed by atoms with van der Waals surface area (Å²) in [4.78, 5) is 10.4. The summed E-state index contributed by atoms with van der Waals surface area (Å²) in [7, 11) is 0. The predicted octanol–water partition coefficient (Wildman–Crippen LogP) is 2.66. The van der Waals surface area contributed by atoms with E-state index in [0.29, 0.717) is 23.3 Å². The van der Waals surface area contributed by atoms with E-state index in [9.17, 15) is 10.1 Å². The zero-order valence-electron chi connectivity index (χ0n) is 9.87. The Kier molecular flexibility index (Phi) is 5.18. The van der Waals surface area contributed by atoms with Crippen LogP contribution in [-0.2, 0) is 0 Å². The summed E-state index contributed by atoms with van der Waals surface area (Å²) in [5.74, 6) is 0. The molecule has 0 atom stereocenters. The molecule has 0 aliphatic rings. The van der Waals surface area contributed by atoms with Gasteiger partial charge in [0.15, 0.2) is 0 Å². The fourth-order valence-corrected chi connectivity index (χ4v) is 1.62. The van der Waals surface area contributed by atoms with Gasteiger partial charge in [0.2, 0.25) is 0 Å². The lowest BCUT2D eigenvalue weighted by molar-refractivity contribution is -0.383. The van der Waals surface area contributed by atoms with Crippen LogP contribution >= 0.6 is 11.6 Å². The number of nitrogens with zero attached hydrogens (tertiary/aromatic N) is 1. The number of hydrogen-bond acceptors (Lipinski definition) is 4. The Morgan fingerprint density at radius 2 is 2.12 bits per heavy atom. The smallest absolute Gasteiger partial charge is 0.293 e. The largest absolute Gasteiger partial charge is 0.377 e. The molecule has 0 amide bonds. The Hall–Kier alpha value is -1.33. The first-order chi connectivity index (χ1) is 8.02. The van der Waals surface area contributed by atoms with Crippen molar-refractivity contribution < 1.29 is 4.92 Å². The van der Waals surface area contributed by atoms with Crippen molar-refractivity contribution in [1.82, 2.24) is 5.32 Å². The monoisotopic (exact) mass is 257 g/mol. The molecule has 6 heteroatoms. The average Bonchev–Trinajstić information content (AvgIpc) is 2.25. The first-order valence-electron chi connectivity index (χ1n) is 5.42. The van der Waals surface area contributed by atoms with Crippen molar-refractivity contribution in [2.45, 2.75) is 19.9 Å². The van der Waals surface area contributed by atoms with Crippen LogP contribution < -0.4 is 10.6 Å². The molecule has 0 aliphatic heterocycles. The van der Waals surface area contributed by atoms with Crippen LogP contribution in [0.5, 0.6) is 0 Å². The Morgan fingerprint density at radius 3 is 2.71 bits per heavy atom. The first kappa shape index (κ1) is 13.7. The van der Waals surface area contributed by atoms with Crippen molar-refractivity contribution in [3.05, 3.63) is 33.3 Å². The Morgan fingerprint density at radius 1 is 1.41 bits per heavy atom. The van der Waals surface area contributed by atoms with Crippen molar-refractivity contribution in [2.24, 2.45) is 0 Å². The summed E-state index contributed by atoms with van der Waals surface area (Å²) in [6.45, 7) is 5.39. The molecule has 0 unspecified atom stereocenters. The van der Waals surface area contributed by atoms with Crippen LogP contribution in [0.25, 0.3) is 0 Å². The normalized spacial score (nSPS) is 10.6. The summed E-state index contributed by atoms with van der Waals surface area (Å²) in [5, 5.41) is 17.4. The maximum atomic E-state index is 10.8. The molecule has 0 saturated heterocycles. The highest BCUT2D eigenvalue weighted by Gasteiger charge is 2.15. The van der Waals surface area contributed by atoms with Crippen molar-refractivity contribution in [3.63, 3.8) is 0 Å². The number of para-hydroxylation sites is 1. The molecule has 2 N–H and O–H groups in total. The van der Waals surface area contributed by atoms with Gasteiger partial charge in [-0.15, -0.1) is 0 Å². The summed E-state index contributed by atoms with van der Waals surface area (Å²) < 4.78 is 0. The maximum Gasteiger partial charge on any atom is 0.293 e. The molecule has 0 spiro atoms. The lowest BCUT2D eigenvalue weighted by atomic mass is 10.2. The molecular formula is C11H16ClN3O2. The van der Waals surface area contributed by atoms with E-state index in [1.807, 2.05) is 13.8 Å². The van der Waals surface area contributed by atoms with Crippen LogP contribution in [0.15, 0.2) is 18.2 Å². The second kappa shape index (κ2) is 6.42. The Bertz CT molecular complexity index is 396. The third-order valence-corrected chi connectivity index (χ3v) is 2.48. The number of benzene rings is 1. The van der Waals surface area contributed by atoms with Crippen molar-refractivity contribution in [3.8, 4) is 0 Å². The quantitative estimate of drug-likeness (QED) is 0.467. The van der Waals surface area contributed by atoms with Gasteiger partial charge in [-0.05, 0) is 6.07 Å². The number of rotatable bonds is 6. The van der Waals surface area contributed by atoms with Crippen molar-refractivity contribution >= 4 is 23.0 Å². The van der Waals surface area contributed by atoms with Gasteiger partial charge >= 0.3 is 0 Å². The Balaban J connectivity index is 2.66. The molecule has 0 bridgehead atoms. The minimum atomic E-state index is -0.440. The first-order valence-corrected chi connectivity index (χ1v) is 5.80. The molecule has 0 saturated carbocycles. The highest BCUT2D eigenvalue weighted by molar-refractivity contribution is 6.33. The van der Waals surface area contributed by atoms with Crippen LogP contribution in [0.4, 0.5) is 11.4 Å². The van der Waals surface area contributed by atoms with Gasteiger partial charge < -0.3 is 10.6 Å². The molecule has 1 rings (SSSR count). The number of nitro groups is 1. The van der Waals surface area contributed by atoms with Crippen molar-refractivity contribution in [2.75, 3.05) is 18.4 Å². The second-order valence-corrected chi connectivity index (χ2v) is 4.33. The lowest BCUT2D eigenvalue weighted by Gasteiger charge is -2.11. The van der Waals surface area contributed by atoms with Gasteiger partial charge in [-0.25, -0.2) is 0 Å². The summed E-state index contributed by atoms with van der Waals surface area (Å²) >= 11 is 5.93. The zero-order chi connectivity index (χ0) is 12.8. The van der Waals surface area contributed by atoms with Gasteiger partial charge in [-0.1, -0.05) is 31.5 Å². The highest BCUT2D eigenvalue weighted by atomic mass is 35.5. The third-order valence-electron chi connectivity index (χ3n) is 2.17. The van der Waals surface area contributed by atoms with E-state index in [-0.39, 0.29) is 5.69 Å². The summed E-state index contributed by atoms with van der Waals surface area (Å²) in [6.07, 6.45) is 0. The van der Waals surface area contributed by atoms with Crippen molar-refractivity contribution in [1.29, 1.82) is 0 Å². The molecule has 0 radical (unpaired) electrons. The van der Waals surface area contributed by atoms with E-state index < -0.39 is 4.92 Å². The van der Waals surface area contributed by atoms with Gasteiger partial charge in [0.1, 0.15) is 5.69 Å². The minimum absolute atomic E-state index is 0.00190. The number of halogens is 1. The predicted molar refractivity (Wildman–Crippen MR) is 69.7 cm³/mol. The molecule has 94 valence electrons. The highest BCUT2D eigenvalue weighted by Crippen LogP contribution is 2.31. The fraction of sp³-hybridized carbons (Fsp3) is 0.455. The van der Waals surface area contributed by atoms with Gasteiger partial charge in [0.25, 0.3) is 5.69 Å². The third kappa shape index (κ3) is 4.20. The topological polar surface area (TPSA) is 67.2 Å². The molecule has 0 aliphatic carbocycles. The molecule has 1 aromatic carbocycles. The number of anilines is 1.